The summed E-state index contributed by atoms with van der Waals surface area (Å²) in [5, 5.41) is 13.7. The van der Waals surface area contributed by atoms with E-state index >= 15 is 0 Å². The van der Waals surface area contributed by atoms with Crippen molar-refractivity contribution in [2.45, 2.75) is 13.1 Å². The molecule has 1 aromatic carbocycles. The standard InChI is InChI=1S/C21H21N3O5S/c25-21(23(14-17-3-1-9-29-17)15-18-4-2-12-30-18)16-5-6-19(20(13-16)24(26)27)22-7-10-28-11-8-22/h1-6,9,12-13H,7-8,10-11,14-15H2. The fourth-order valence-electron chi connectivity index (χ4n) is 3.44. The number of ether oxygens (including phenoxy) is 1. The van der Waals surface area contributed by atoms with E-state index in [4.69, 9.17) is 9.15 Å². The highest BCUT2D eigenvalue weighted by atomic mass is 32.1. The number of furan rings is 1. The van der Waals surface area contributed by atoms with Crippen LogP contribution in [0.25, 0.3) is 0 Å². The van der Waals surface area contributed by atoms with E-state index in [1.54, 1.807) is 46.8 Å². The molecule has 0 bridgehead atoms. The van der Waals surface area contributed by atoms with Crippen LogP contribution in [0.3, 0.4) is 0 Å². The van der Waals surface area contributed by atoms with Crippen molar-refractivity contribution >= 4 is 28.6 Å². The molecule has 1 aliphatic rings. The number of carbonyl (C=O) groups excluding carboxylic acids is 1. The Morgan fingerprint density at radius 2 is 2.00 bits per heavy atom. The molecular weight excluding hydrogens is 406 g/mol. The van der Waals surface area contributed by atoms with Gasteiger partial charge in [0.15, 0.2) is 0 Å². The van der Waals surface area contributed by atoms with Crippen LogP contribution in [0, 0.1) is 10.1 Å². The molecule has 1 amide bonds. The molecule has 0 atom stereocenters. The minimum atomic E-state index is -0.433. The Labute approximate surface area is 177 Å². The van der Waals surface area contributed by atoms with E-state index in [-0.39, 0.29) is 23.7 Å². The molecule has 3 heterocycles. The summed E-state index contributed by atoms with van der Waals surface area (Å²) in [6.07, 6.45) is 1.56. The topological polar surface area (TPSA) is 89.1 Å². The van der Waals surface area contributed by atoms with E-state index in [9.17, 15) is 14.9 Å². The van der Waals surface area contributed by atoms with Gasteiger partial charge in [0.05, 0.1) is 37.5 Å². The summed E-state index contributed by atoms with van der Waals surface area (Å²) in [6.45, 7) is 2.89. The first-order chi connectivity index (χ1) is 14.6. The Kier molecular flexibility index (Phi) is 6.10. The van der Waals surface area contributed by atoms with Crippen molar-refractivity contribution in [2.75, 3.05) is 31.2 Å². The Balaban J connectivity index is 1.62. The molecule has 1 aliphatic heterocycles. The zero-order valence-corrected chi connectivity index (χ0v) is 17.0. The average Bonchev–Trinajstić information content (AvgIpc) is 3.47. The number of anilines is 1. The van der Waals surface area contributed by atoms with E-state index in [1.807, 2.05) is 22.4 Å². The molecule has 3 aromatic rings. The molecule has 2 aromatic heterocycles. The maximum absolute atomic E-state index is 13.3. The van der Waals surface area contributed by atoms with Gasteiger partial charge in [0, 0.05) is 29.6 Å². The molecule has 30 heavy (non-hydrogen) atoms. The molecule has 1 fully saturated rings. The molecule has 156 valence electrons. The quantitative estimate of drug-likeness (QED) is 0.419. The molecule has 1 saturated heterocycles. The second-order valence-electron chi connectivity index (χ2n) is 6.88. The lowest BCUT2D eigenvalue weighted by atomic mass is 10.1. The number of benzene rings is 1. The highest BCUT2D eigenvalue weighted by Gasteiger charge is 2.25. The predicted octanol–water partition coefficient (Wildman–Crippen LogP) is 3.93. The normalized spacial score (nSPS) is 13.9. The van der Waals surface area contributed by atoms with Crippen LogP contribution in [0.2, 0.25) is 0 Å². The number of amides is 1. The summed E-state index contributed by atoms with van der Waals surface area (Å²) in [4.78, 5) is 29.2. The lowest BCUT2D eigenvalue weighted by Crippen LogP contribution is -2.36. The van der Waals surface area contributed by atoms with E-state index in [0.29, 0.717) is 44.3 Å². The molecule has 0 radical (unpaired) electrons. The van der Waals surface area contributed by atoms with E-state index in [1.165, 1.54) is 6.07 Å². The lowest BCUT2D eigenvalue weighted by Gasteiger charge is -2.28. The summed E-state index contributed by atoms with van der Waals surface area (Å²) >= 11 is 1.55. The van der Waals surface area contributed by atoms with Gasteiger partial charge >= 0.3 is 0 Å². The number of nitro benzene ring substituents is 1. The number of morpholine rings is 1. The van der Waals surface area contributed by atoms with Crippen LogP contribution in [0.4, 0.5) is 11.4 Å². The number of thiophene rings is 1. The fraction of sp³-hybridized carbons (Fsp3) is 0.286. The Hall–Kier alpha value is -3.17. The van der Waals surface area contributed by atoms with Crippen LogP contribution < -0.4 is 4.90 Å². The smallest absolute Gasteiger partial charge is 0.293 e. The first kappa shape index (κ1) is 20.1. The summed E-state index contributed by atoms with van der Waals surface area (Å²) in [7, 11) is 0. The number of carbonyl (C=O) groups is 1. The SMILES string of the molecule is O=C(c1ccc(N2CCOCC2)c([N+](=O)[O-])c1)N(Cc1ccco1)Cc1cccs1. The molecule has 0 aliphatic carbocycles. The summed E-state index contributed by atoms with van der Waals surface area (Å²) in [5.41, 5.74) is 0.717. The molecule has 0 saturated carbocycles. The van der Waals surface area contributed by atoms with Gasteiger partial charge in [0.25, 0.3) is 11.6 Å². The zero-order chi connectivity index (χ0) is 20.9. The van der Waals surface area contributed by atoms with Crippen LogP contribution in [0.1, 0.15) is 21.0 Å². The number of rotatable bonds is 7. The third-order valence-corrected chi connectivity index (χ3v) is 5.77. The number of nitrogens with zero attached hydrogens (tertiary/aromatic N) is 3. The molecule has 4 rings (SSSR count). The van der Waals surface area contributed by atoms with Crippen molar-refractivity contribution in [3.8, 4) is 0 Å². The van der Waals surface area contributed by atoms with E-state index in [2.05, 4.69) is 0 Å². The first-order valence-corrected chi connectivity index (χ1v) is 10.4. The van der Waals surface area contributed by atoms with Crippen LogP contribution >= 0.6 is 11.3 Å². The minimum Gasteiger partial charge on any atom is -0.467 e. The van der Waals surface area contributed by atoms with Crippen molar-refractivity contribution in [1.29, 1.82) is 0 Å². The average molecular weight is 427 g/mol. The summed E-state index contributed by atoms with van der Waals surface area (Å²) in [5.74, 6) is 0.371. The second kappa shape index (κ2) is 9.10. The lowest BCUT2D eigenvalue weighted by molar-refractivity contribution is -0.384. The van der Waals surface area contributed by atoms with Crippen LogP contribution in [0.5, 0.6) is 0 Å². The molecule has 0 unspecified atom stereocenters. The van der Waals surface area contributed by atoms with Gasteiger partial charge in [-0.3, -0.25) is 14.9 Å². The Morgan fingerprint density at radius 1 is 1.17 bits per heavy atom. The third-order valence-electron chi connectivity index (χ3n) is 4.91. The van der Waals surface area contributed by atoms with Crippen molar-refractivity contribution < 1.29 is 18.9 Å². The maximum atomic E-state index is 13.3. The summed E-state index contributed by atoms with van der Waals surface area (Å²) in [6, 6.07) is 12.1. The van der Waals surface area contributed by atoms with Gasteiger partial charge in [0.2, 0.25) is 0 Å². The highest BCUT2D eigenvalue weighted by Crippen LogP contribution is 2.31. The van der Waals surface area contributed by atoms with E-state index < -0.39 is 4.92 Å². The van der Waals surface area contributed by atoms with Gasteiger partial charge in [-0.1, -0.05) is 6.07 Å². The second-order valence-corrected chi connectivity index (χ2v) is 7.91. The summed E-state index contributed by atoms with van der Waals surface area (Å²) < 4.78 is 10.7. The largest absolute Gasteiger partial charge is 0.467 e. The zero-order valence-electron chi connectivity index (χ0n) is 16.2. The third kappa shape index (κ3) is 4.52. The molecule has 0 N–H and O–H groups in total. The van der Waals surface area contributed by atoms with Crippen molar-refractivity contribution in [1.82, 2.24) is 4.90 Å². The van der Waals surface area contributed by atoms with Gasteiger partial charge in [-0.05, 0) is 35.7 Å². The highest BCUT2D eigenvalue weighted by molar-refractivity contribution is 7.09. The maximum Gasteiger partial charge on any atom is 0.293 e. The number of hydrogen-bond donors (Lipinski definition) is 0. The Morgan fingerprint density at radius 3 is 2.67 bits per heavy atom. The molecule has 9 heteroatoms. The van der Waals surface area contributed by atoms with Crippen LogP contribution in [-0.2, 0) is 17.8 Å². The first-order valence-electron chi connectivity index (χ1n) is 9.57. The van der Waals surface area contributed by atoms with Crippen molar-refractivity contribution in [2.24, 2.45) is 0 Å². The minimum absolute atomic E-state index is 0.0724. The number of nitro groups is 1. The molecule has 0 spiro atoms. The van der Waals surface area contributed by atoms with Gasteiger partial charge in [-0.25, -0.2) is 0 Å². The van der Waals surface area contributed by atoms with Crippen LogP contribution in [0.15, 0.2) is 58.5 Å². The van der Waals surface area contributed by atoms with Gasteiger partial charge in [-0.15, -0.1) is 11.3 Å². The molecule has 8 nitrogen and oxygen atoms in total. The van der Waals surface area contributed by atoms with Gasteiger partial charge in [-0.2, -0.15) is 0 Å². The van der Waals surface area contributed by atoms with Crippen LogP contribution in [-0.4, -0.2) is 42.0 Å². The number of hydrogen-bond acceptors (Lipinski definition) is 7. The van der Waals surface area contributed by atoms with Gasteiger partial charge < -0.3 is 19.0 Å². The Bertz CT molecular complexity index is 962. The predicted molar refractivity (Wildman–Crippen MR) is 113 cm³/mol. The monoisotopic (exact) mass is 427 g/mol. The fourth-order valence-corrected chi connectivity index (χ4v) is 4.16. The van der Waals surface area contributed by atoms with Gasteiger partial charge in [0.1, 0.15) is 11.4 Å². The molecular formula is C21H21N3O5S. The van der Waals surface area contributed by atoms with Crippen molar-refractivity contribution in [3.05, 3.63) is 80.4 Å². The van der Waals surface area contributed by atoms with Crippen molar-refractivity contribution in [3.63, 3.8) is 0 Å². The van der Waals surface area contributed by atoms with E-state index in [0.717, 1.165) is 4.88 Å².